The first-order valence-electron chi connectivity index (χ1n) is 9.09. The van der Waals surface area contributed by atoms with Crippen molar-refractivity contribution in [1.29, 1.82) is 0 Å². The Labute approximate surface area is 132 Å². The van der Waals surface area contributed by atoms with E-state index in [4.69, 9.17) is 0 Å². The van der Waals surface area contributed by atoms with Crippen LogP contribution in [0.2, 0.25) is 0 Å². The highest BCUT2D eigenvalue weighted by Gasteiger charge is 2.39. The minimum Gasteiger partial charge on any atom is -0.194 e. The molecule has 2 heterocycles. The quantitative estimate of drug-likeness (QED) is 0.545. The van der Waals surface area contributed by atoms with Gasteiger partial charge in [0.05, 0.1) is 5.56 Å². The summed E-state index contributed by atoms with van der Waals surface area (Å²) in [5.74, 6) is 1.75. The molecule has 0 radical (unpaired) electrons. The predicted molar refractivity (Wildman–Crippen MR) is 87.2 cm³/mol. The van der Waals surface area contributed by atoms with Crippen LogP contribution >= 0.6 is 0 Å². The lowest BCUT2D eigenvalue weighted by molar-refractivity contribution is -0.672. The monoisotopic (exact) mass is 288 g/mol. The molecule has 2 bridgehead atoms. The van der Waals surface area contributed by atoms with Crippen LogP contribution in [-0.2, 0) is 19.4 Å². The molecule has 1 aliphatic heterocycles. The standard InChI is InChI=1S/C21H22N/c1-2-4-16-11-22-12-17-8-18-14-5-6-15(7-14)19(18)10-20(17)21(22)9-13(16)3-1/h8-11,14-15H,1-7,12H2/q+1. The summed E-state index contributed by atoms with van der Waals surface area (Å²) < 4.78 is 2.52. The number of aromatic nitrogens is 1. The maximum Gasteiger partial charge on any atom is 0.213 e. The minimum atomic E-state index is 0.872. The molecule has 1 saturated carbocycles. The fraction of sp³-hybridized carbons (Fsp3) is 0.476. The van der Waals surface area contributed by atoms with Gasteiger partial charge in [0.1, 0.15) is 0 Å². The molecule has 2 unspecified atom stereocenters. The van der Waals surface area contributed by atoms with Crippen molar-refractivity contribution in [1.82, 2.24) is 0 Å². The largest absolute Gasteiger partial charge is 0.213 e. The van der Waals surface area contributed by atoms with Gasteiger partial charge in [0.25, 0.3) is 0 Å². The number of hydrogen-bond acceptors (Lipinski definition) is 0. The van der Waals surface area contributed by atoms with Crippen molar-refractivity contribution in [3.8, 4) is 11.3 Å². The van der Waals surface area contributed by atoms with E-state index in [-0.39, 0.29) is 0 Å². The van der Waals surface area contributed by atoms with Gasteiger partial charge in [-0.1, -0.05) is 0 Å². The van der Waals surface area contributed by atoms with Crippen molar-refractivity contribution in [3.63, 3.8) is 0 Å². The Morgan fingerprint density at radius 3 is 2.45 bits per heavy atom. The van der Waals surface area contributed by atoms with Gasteiger partial charge in [-0.05, 0) is 85.6 Å². The third-order valence-corrected chi connectivity index (χ3v) is 6.72. The summed E-state index contributed by atoms with van der Waals surface area (Å²) in [6.45, 7) is 1.10. The lowest BCUT2D eigenvalue weighted by atomic mass is 9.87. The normalized spacial score (nSPS) is 26.5. The summed E-state index contributed by atoms with van der Waals surface area (Å²) in [6, 6.07) is 7.66. The van der Waals surface area contributed by atoms with E-state index in [1.54, 1.807) is 33.4 Å². The molecule has 2 atom stereocenters. The Morgan fingerprint density at radius 1 is 0.818 bits per heavy atom. The van der Waals surface area contributed by atoms with Crippen LogP contribution in [0.3, 0.4) is 0 Å². The minimum absolute atomic E-state index is 0.872. The van der Waals surface area contributed by atoms with Crippen LogP contribution in [0.5, 0.6) is 0 Å². The predicted octanol–water partition coefficient (Wildman–Crippen LogP) is 4.25. The molecule has 6 rings (SSSR count). The van der Waals surface area contributed by atoms with Gasteiger partial charge in [-0.2, -0.15) is 4.57 Å². The highest BCUT2D eigenvalue weighted by molar-refractivity contribution is 5.68. The van der Waals surface area contributed by atoms with Gasteiger partial charge in [-0.15, -0.1) is 0 Å². The van der Waals surface area contributed by atoms with Crippen LogP contribution in [0.25, 0.3) is 11.3 Å². The van der Waals surface area contributed by atoms with E-state index >= 15 is 0 Å². The zero-order valence-corrected chi connectivity index (χ0v) is 13.1. The number of fused-ring (bicyclic) bond motifs is 9. The van der Waals surface area contributed by atoms with Crippen LogP contribution < -0.4 is 4.57 Å². The molecule has 4 aliphatic rings. The Morgan fingerprint density at radius 2 is 1.59 bits per heavy atom. The SMILES string of the molecule is c1c2c(cc3c1C1CCC3C1)-c1cc3c(c[n+]1C2)CCCC3. The molecule has 2 aromatic rings. The van der Waals surface area contributed by atoms with Gasteiger partial charge < -0.3 is 0 Å². The zero-order chi connectivity index (χ0) is 14.3. The summed E-state index contributed by atoms with van der Waals surface area (Å²) in [5.41, 5.74) is 11.2. The van der Waals surface area contributed by atoms with E-state index in [2.05, 4.69) is 29.0 Å². The first kappa shape index (κ1) is 11.9. The average molecular weight is 288 g/mol. The summed E-state index contributed by atoms with van der Waals surface area (Å²) in [6.07, 6.45) is 12.1. The molecule has 1 nitrogen and oxygen atoms in total. The fourth-order valence-electron chi connectivity index (χ4n) is 5.62. The van der Waals surface area contributed by atoms with Crippen LogP contribution in [0.4, 0.5) is 0 Å². The topological polar surface area (TPSA) is 3.88 Å². The molecule has 22 heavy (non-hydrogen) atoms. The summed E-state index contributed by atoms with van der Waals surface area (Å²) in [4.78, 5) is 0. The molecule has 0 saturated heterocycles. The van der Waals surface area contributed by atoms with Crippen molar-refractivity contribution in [3.05, 3.63) is 52.2 Å². The van der Waals surface area contributed by atoms with E-state index in [0.717, 1.165) is 18.4 Å². The molecular weight excluding hydrogens is 266 g/mol. The second-order valence-electron chi connectivity index (χ2n) is 7.89. The summed E-state index contributed by atoms with van der Waals surface area (Å²) in [5, 5.41) is 0. The van der Waals surface area contributed by atoms with Gasteiger partial charge in [0, 0.05) is 17.2 Å². The van der Waals surface area contributed by atoms with E-state index < -0.39 is 0 Å². The molecule has 1 aromatic heterocycles. The second-order valence-corrected chi connectivity index (χ2v) is 7.89. The van der Waals surface area contributed by atoms with E-state index in [9.17, 15) is 0 Å². The molecular formula is C21H22N+. The Kier molecular flexibility index (Phi) is 2.16. The smallest absolute Gasteiger partial charge is 0.194 e. The average Bonchev–Trinajstić information content (AvgIpc) is 3.23. The van der Waals surface area contributed by atoms with Gasteiger partial charge in [-0.3, -0.25) is 0 Å². The molecule has 0 N–H and O–H groups in total. The summed E-state index contributed by atoms with van der Waals surface area (Å²) in [7, 11) is 0. The third kappa shape index (κ3) is 1.42. The lowest BCUT2D eigenvalue weighted by Crippen LogP contribution is -2.33. The number of pyridine rings is 1. The third-order valence-electron chi connectivity index (χ3n) is 6.72. The van der Waals surface area contributed by atoms with Crippen LogP contribution in [0.1, 0.15) is 71.8 Å². The van der Waals surface area contributed by atoms with Crippen molar-refractivity contribution in [2.75, 3.05) is 0 Å². The number of aryl methyl sites for hydroxylation is 2. The van der Waals surface area contributed by atoms with E-state index in [1.807, 2.05) is 0 Å². The number of benzene rings is 1. The fourth-order valence-corrected chi connectivity index (χ4v) is 5.62. The first-order valence-corrected chi connectivity index (χ1v) is 9.09. The lowest BCUT2D eigenvalue weighted by Gasteiger charge is -2.16. The van der Waals surface area contributed by atoms with Crippen LogP contribution in [0, 0.1) is 0 Å². The molecule has 1 aromatic carbocycles. The number of rotatable bonds is 0. The second kappa shape index (κ2) is 4.01. The Bertz CT molecular complexity index is 817. The highest BCUT2D eigenvalue weighted by Crippen LogP contribution is 2.54. The molecule has 1 heteroatoms. The molecule has 0 amide bonds. The van der Waals surface area contributed by atoms with Crippen LogP contribution in [-0.4, -0.2) is 0 Å². The van der Waals surface area contributed by atoms with Crippen molar-refractivity contribution in [2.45, 2.75) is 63.3 Å². The van der Waals surface area contributed by atoms with Crippen molar-refractivity contribution in [2.24, 2.45) is 0 Å². The van der Waals surface area contributed by atoms with E-state index in [1.165, 1.54) is 50.6 Å². The first-order chi connectivity index (χ1) is 10.9. The maximum atomic E-state index is 2.57. The molecule has 110 valence electrons. The number of hydrogen-bond donors (Lipinski definition) is 0. The Balaban J connectivity index is 1.55. The van der Waals surface area contributed by atoms with Gasteiger partial charge >= 0.3 is 0 Å². The van der Waals surface area contributed by atoms with Crippen LogP contribution in [0.15, 0.2) is 24.4 Å². The van der Waals surface area contributed by atoms with Gasteiger partial charge in [-0.25, -0.2) is 0 Å². The maximum absolute atomic E-state index is 2.57. The Hall–Kier alpha value is -1.63. The number of nitrogens with zero attached hydrogens (tertiary/aromatic N) is 1. The molecule has 0 spiro atoms. The zero-order valence-electron chi connectivity index (χ0n) is 13.1. The molecule has 3 aliphatic carbocycles. The van der Waals surface area contributed by atoms with Gasteiger partial charge in [0.15, 0.2) is 12.7 Å². The van der Waals surface area contributed by atoms with E-state index in [0.29, 0.717) is 0 Å². The van der Waals surface area contributed by atoms with Crippen molar-refractivity contribution >= 4 is 0 Å². The van der Waals surface area contributed by atoms with Gasteiger partial charge in [0.2, 0.25) is 5.69 Å². The summed E-state index contributed by atoms with van der Waals surface area (Å²) >= 11 is 0. The highest BCUT2D eigenvalue weighted by atomic mass is 15.0. The van der Waals surface area contributed by atoms with Crippen molar-refractivity contribution < 1.29 is 4.57 Å². The molecule has 1 fully saturated rings.